The van der Waals surface area contributed by atoms with E-state index in [4.69, 9.17) is 0 Å². The first kappa shape index (κ1) is 22.5. The minimum atomic E-state index is -3.56. The Morgan fingerprint density at radius 2 is 1.66 bits per heavy atom. The summed E-state index contributed by atoms with van der Waals surface area (Å²) in [5.74, 6) is 0.603. The predicted molar refractivity (Wildman–Crippen MR) is 125 cm³/mol. The molecule has 8 heteroatoms. The first-order valence-electron chi connectivity index (χ1n) is 10.4. The second-order valence-corrected chi connectivity index (χ2v) is 10.5. The molecule has 6 nitrogen and oxygen atoms in total. The number of nitriles is 1. The summed E-state index contributed by atoms with van der Waals surface area (Å²) >= 11 is 1.48. The highest BCUT2D eigenvalue weighted by molar-refractivity contribution is 7.98. The zero-order valence-electron chi connectivity index (χ0n) is 17.6. The monoisotopic (exact) mass is 464 g/mol. The molecule has 0 radical (unpaired) electrons. The van der Waals surface area contributed by atoms with E-state index in [9.17, 15) is 13.7 Å². The predicted octanol–water partition coefficient (Wildman–Crippen LogP) is 3.75. The van der Waals surface area contributed by atoms with Crippen LogP contribution in [0, 0.1) is 11.3 Å². The fourth-order valence-electron chi connectivity index (χ4n) is 3.63. The van der Waals surface area contributed by atoms with Crippen LogP contribution in [-0.2, 0) is 22.3 Å². The lowest BCUT2D eigenvalue weighted by atomic mass is 10.1. The Bertz CT molecular complexity index is 1180. The van der Waals surface area contributed by atoms with E-state index in [1.165, 1.54) is 23.5 Å². The summed E-state index contributed by atoms with van der Waals surface area (Å²) in [6.45, 7) is 3.17. The third-order valence-corrected chi connectivity index (χ3v) is 8.32. The largest absolute Gasteiger partial charge is 0.296 e. The molecule has 1 saturated heterocycles. The SMILES string of the molecule is N#Cc1ccccc1CSc1ccc(S(=O)(=O)N2CCN(Cc3ccccc3)CC2)cn1. The topological polar surface area (TPSA) is 77.3 Å². The number of rotatable bonds is 7. The van der Waals surface area contributed by atoms with Crippen LogP contribution in [0.15, 0.2) is 82.8 Å². The Balaban J connectivity index is 1.34. The average molecular weight is 465 g/mol. The van der Waals surface area contributed by atoms with E-state index < -0.39 is 10.0 Å². The van der Waals surface area contributed by atoms with Crippen molar-refractivity contribution >= 4 is 21.8 Å². The Kier molecular flexibility index (Phi) is 7.22. The van der Waals surface area contributed by atoms with Gasteiger partial charge in [-0.25, -0.2) is 13.4 Å². The van der Waals surface area contributed by atoms with Gasteiger partial charge in [-0.05, 0) is 29.3 Å². The molecule has 2 heterocycles. The minimum absolute atomic E-state index is 0.218. The van der Waals surface area contributed by atoms with Crippen LogP contribution in [0.4, 0.5) is 0 Å². The van der Waals surface area contributed by atoms with Gasteiger partial charge >= 0.3 is 0 Å². The standard InChI is InChI=1S/C24H24N4O2S2/c25-16-21-8-4-5-9-22(21)19-31-24-11-10-23(17-26-24)32(29,30)28-14-12-27(13-15-28)18-20-6-2-1-3-7-20/h1-11,17H,12-15,18-19H2. The second-order valence-electron chi connectivity index (χ2n) is 7.56. The van der Waals surface area contributed by atoms with Crippen molar-refractivity contribution in [2.45, 2.75) is 22.2 Å². The van der Waals surface area contributed by atoms with E-state index in [1.54, 1.807) is 22.5 Å². The van der Waals surface area contributed by atoms with Crippen molar-refractivity contribution in [3.05, 3.63) is 89.6 Å². The number of piperazine rings is 1. The van der Waals surface area contributed by atoms with Gasteiger partial charge in [-0.1, -0.05) is 48.5 Å². The molecule has 0 spiro atoms. The van der Waals surface area contributed by atoms with Crippen molar-refractivity contribution in [1.29, 1.82) is 5.26 Å². The van der Waals surface area contributed by atoms with Gasteiger partial charge in [-0.3, -0.25) is 4.90 Å². The number of aromatic nitrogens is 1. The summed E-state index contributed by atoms with van der Waals surface area (Å²) in [6.07, 6.45) is 1.43. The molecule has 0 atom stereocenters. The van der Waals surface area contributed by atoms with Crippen molar-refractivity contribution in [3.63, 3.8) is 0 Å². The Morgan fingerprint density at radius 1 is 0.938 bits per heavy atom. The Morgan fingerprint density at radius 3 is 2.34 bits per heavy atom. The first-order chi connectivity index (χ1) is 15.6. The van der Waals surface area contributed by atoms with Crippen LogP contribution in [0.2, 0.25) is 0 Å². The van der Waals surface area contributed by atoms with E-state index >= 15 is 0 Å². The van der Waals surface area contributed by atoms with Crippen molar-refractivity contribution in [2.75, 3.05) is 26.2 Å². The summed E-state index contributed by atoms with van der Waals surface area (Å²) in [6, 6.07) is 23.2. The van der Waals surface area contributed by atoms with E-state index in [2.05, 4.69) is 28.1 Å². The highest BCUT2D eigenvalue weighted by Gasteiger charge is 2.28. The third-order valence-electron chi connectivity index (χ3n) is 5.44. The zero-order chi connectivity index (χ0) is 22.4. The highest BCUT2D eigenvalue weighted by Crippen LogP contribution is 2.25. The molecule has 1 aromatic heterocycles. The van der Waals surface area contributed by atoms with Crippen LogP contribution in [0.5, 0.6) is 0 Å². The summed E-state index contributed by atoms with van der Waals surface area (Å²) < 4.78 is 27.6. The number of sulfonamides is 1. The number of hydrogen-bond donors (Lipinski definition) is 0. The molecule has 0 amide bonds. The molecule has 0 unspecified atom stereocenters. The van der Waals surface area contributed by atoms with Gasteiger partial charge in [0.2, 0.25) is 10.0 Å². The molecule has 1 aliphatic rings. The fourth-order valence-corrected chi connectivity index (χ4v) is 5.85. The first-order valence-corrected chi connectivity index (χ1v) is 12.8. The van der Waals surface area contributed by atoms with Crippen LogP contribution >= 0.6 is 11.8 Å². The third kappa shape index (κ3) is 5.37. The van der Waals surface area contributed by atoms with Crippen LogP contribution < -0.4 is 0 Å². The normalized spacial score (nSPS) is 15.3. The summed E-state index contributed by atoms with van der Waals surface area (Å²) in [4.78, 5) is 6.84. The highest BCUT2D eigenvalue weighted by atomic mass is 32.2. The molecule has 2 aromatic carbocycles. The van der Waals surface area contributed by atoms with Gasteiger partial charge in [0, 0.05) is 44.7 Å². The van der Waals surface area contributed by atoms with E-state index in [0.29, 0.717) is 37.5 Å². The number of thioether (sulfide) groups is 1. The summed E-state index contributed by atoms with van der Waals surface area (Å²) in [5, 5.41) is 9.93. The van der Waals surface area contributed by atoms with Gasteiger partial charge in [0.1, 0.15) is 4.90 Å². The molecule has 0 N–H and O–H groups in total. The van der Waals surface area contributed by atoms with Crippen LogP contribution in [0.3, 0.4) is 0 Å². The molecule has 0 bridgehead atoms. The van der Waals surface area contributed by atoms with E-state index in [1.807, 2.05) is 36.4 Å². The second kappa shape index (κ2) is 10.3. The smallest absolute Gasteiger partial charge is 0.244 e. The number of hydrogen-bond acceptors (Lipinski definition) is 6. The maximum absolute atomic E-state index is 13.1. The fraction of sp³-hybridized carbons (Fsp3) is 0.250. The maximum Gasteiger partial charge on any atom is 0.244 e. The van der Waals surface area contributed by atoms with Crippen LogP contribution in [0.25, 0.3) is 0 Å². The van der Waals surface area contributed by atoms with Gasteiger partial charge in [0.05, 0.1) is 16.7 Å². The maximum atomic E-state index is 13.1. The van der Waals surface area contributed by atoms with Gasteiger partial charge in [-0.2, -0.15) is 9.57 Å². The van der Waals surface area contributed by atoms with Crippen LogP contribution in [0.1, 0.15) is 16.7 Å². The van der Waals surface area contributed by atoms with Gasteiger partial charge in [-0.15, -0.1) is 11.8 Å². The molecule has 1 aliphatic heterocycles. The van der Waals surface area contributed by atoms with E-state index in [-0.39, 0.29) is 4.90 Å². The molecule has 3 aromatic rings. The minimum Gasteiger partial charge on any atom is -0.296 e. The lowest BCUT2D eigenvalue weighted by Crippen LogP contribution is -2.48. The zero-order valence-corrected chi connectivity index (χ0v) is 19.2. The lowest BCUT2D eigenvalue weighted by Gasteiger charge is -2.33. The Labute approximate surface area is 193 Å². The number of benzene rings is 2. The van der Waals surface area contributed by atoms with Crippen LogP contribution in [-0.4, -0.2) is 48.8 Å². The van der Waals surface area contributed by atoms with Crippen molar-refractivity contribution < 1.29 is 8.42 Å². The average Bonchev–Trinajstić information content (AvgIpc) is 2.84. The quantitative estimate of drug-likeness (QED) is 0.496. The molecular formula is C24H24N4O2S2. The molecule has 0 saturated carbocycles. The van der Waals surface area contributed by atoms with E-state index in [0.717, 1.165) is 17.1 Å². The van der Waals surface area contributed by atoms with Gasteiger partial charge in [0.25, 0.3) is 0 Å². The molecule has 4 rings (SSSR count). The summed E-state index contributed by atoms with van der Waals surface area (Å²) in [5.41, 5.74) is 2.82. The lowest BCUT2D eigenvalue weighted by molar-refractivity contribution is 0.181. The van der Waals surface area contributed by atoms with Gasteiger partial charge < -0.3 is 0 Å². The number of nitrogens with zero attached hydrogens (tertiary/aromatic N) is 4. The van der Waals surface area contributed by atoms with Crippen molar-refractivity contribution in [3.8, 4) is 6.07 Å². The van der Waals surface area contributed by atoms with Crippen molar-refractivity contribution in [2.24, 2.45) is 0 Å². The van der Waals surface area contributed by atoms with Crippen molar-refractivity contribution in [1.82, 2.24) is 14.2 Å². The molecule has 32 heavy (non-hydrogen) atoms. The number of pyridine rings is 1. The molecule has 1 fully saturated rings. The molecular weight excluding hydrogens is 440 g/mol. The van der Waals surface area contributed by atoms with Gasteiger partial charge in [0.15, 0.2) is 0 Å². The molecule has 164 valence electrons. The Hall–Kier alpha value is -2.70. The summed E-state index contributed by atoms with van der Waals surface area (Å²) in [7, 11) is -3.56. The molecule has 0 aliphatic carbocycles.